The molecule has 0 radical (unpaired) electrons. The number of nitrogens with one attached hydrogen (secondary N) is 1. The number of sulfonamides is 1. The molecule has 0 aliphatic rings. The average Bonchev–Trinajstić information content (AvgIpc) is 2.37. The molecule has 0 bridgehead atoms. The monoisotopic (exact) mass is 335 g/mol. The Kier molecular flexibility index (Phi) is 6.85. The average molecular weight is 336 g/mol. The molecule has 0 aliphatic heterocycles. The molecule has 0 aromatic heterocycles. The van der Waals surface area contributed by atoms with Crippen LogP contribution in [0, 0.1) is 0 Å². The number of hydrogen-bond donors (Lipinski definition) is 1. The molecule has 1 rings (SSSR count). The normalized spacial score (nSPS) is 13.4. The van der Waals surface area contributed by atoms with Crippen LogP contribution in [0.2, 0.25) is 0 Å². The lowest BCUT2D eigenvalue weighted by Gasteiger charge is -2.15. The zero-order valence-electron chi connectivity index (χ0n) is 10.3. The number of benzene rings is 1. The second kappa shape index (κ2) is 7.89. The van der Waals surface area contributed by atoms with E-state index in [0.29, 0.717) is 18.4 Å². The second-order valence-corrected chi connectivity index (χ2v) is 6.50. The van der Waals surface area contributed by atoms with Gasteiger partial charge in [-0.3, -0.25) is 0 Å². The molecule has 0 fully saturated rings. The Hall–Kier alpha value is -0.430. The van der Waals surface area contributed by atoms with Crippen LogP contribution in [0.4, 0.5) is 0 Å². The summed E-state index contributed by atoms with van der Waals surface area (Å²) >= 11 is 3.26. The Balaban J connectivity index is 2.49. The molecule has 1 atom stereocenters. The van der Waals surface area contributed by atoms with Crippen LogP contribution in [0.5, 0.6) is 0 Å². The third-order valence-electron chi connectivity index (χ3n) is 2.40. The van der Waals surface area contributed by atoms with Crippen molar-refractivity contribution in [1.29, 1.82) is 0 Å². The van der Waals surface area contributed by atoms with Gasteiger partial charge in [-0.15, -0.1) is 0 Å². The fraction of sp³-hybridized carbons (Fsp3) is 0.500. The molecule has 1 N–H and O–H groups in total. The van der Waals surface area contributed by atoms with Crippen LogP contribution in [0.15, 0.2) is 30.3 Å². The zero-order chi connectivity index (χ0) is 13.4. The van der Waals surface area contributed by atoms with Crippen LogP contribution in [0.3, 0.4) is 0 Å². The lowest BCUT2D eigenvalue weighted by Crippen LogP contribution is -2.40. The number of methoxy groups -OCH3 is 1. The minimum absolute atomic E-state index is 0.0875. The summed E-state index contributed by atoms with van der Waals surface area (Å²) in [6.07, 6.45) is 0.512. The Morgan fingerprint density at radius 3 is 2.56 bits per heavy atom. The number of halogens is 1. The molecule has 18 heavy (non-hydrogen) atoms. The SMILES string of the molecule is COCC(CBr)NS(=O)(=O)CCc1ccccc1. The molecule has 4 nitrogen and oxygen atoms in total. The molecule has 0 aliphatic carbocycles. The molecule has 1 aromatic carbocycles. The van der Waals surface area contributed by atoms with Gasteiger partial charge in [0.1, 0.15) is 0 Å². The molecule has 1 unspecified atom stereocenters. The van der Waals surface area contributed by atoms with Crippen molar-refractivity contribution in [2.75, 3.05) is 24.8 Å². The molecule has 1 aromatic rings. The van der Waals surface area contributed by atoms with Crippen molar-refractivity contribution >= 4 is 26.0 Å². The molecular formula is C12H18BrNO3S. The van der Waals surface area contributed by atoms with E-state index >= 15 is 0 Å². The molecule has 0 saturated heterocycles. The lowest BCUT2D eigenvalue weighted by molar-refractivity contribution is 0.182. The summed E-state index contributed by atoms with van der Waals surface area (Å²) in [5.74, 6) is 0.0875. The van der Waals surface area contributed by atoms with Gasteiger partial charge in [-0.25, -0.2) is 13.1 Å². The first-order chi connectivity index (χ1) is 8.57. The van der Waals surface area contributed by atoms with Crippen LogP contribution in [0.1, 0.15) is 5.56 Å². The predicted octanol–water partition coefficient (Wildman–Crippen LogP) is 1.56. The van der Waals surface area contributed by atoms with Gasteiger partial charge >= 0.3 is 0 Å². The summed E-state index contributed by atoms with van der Waals surface area (Å²) in [5.41, 5.74) is 1.02. The topological polar surface area (TPSA) is 55.4 Å². The van der Waals surface area contributed by atoms with E-state index in [4.69, 9.17) is 4.74 Å². The highest BCUT2D eigenvalue weighted by molar-refractivity contribution is 9.09. The van der Waals surface area contributed by atoms with Crippen molar-refractivity contribution in [3.63, 3.8) is 0 Å². The number of aryl methyl sites for hydroxylation is 1. The number of alkyl halides is 1. The summed E-state index contributed by atoms with van der Waals surface area (Å²) in [5, 5.41) is 0.533. The van der Waals surface area contributed by atoms with Crippen molar-refractivity contribution in [2.24, 2.45) is 0 Å². The van der Waals surface area contributed by atoms with Crippen molar-refractivity contribution < 1.29 is 13.2 Å². The van der Waals surface area contributed by atoms with Gasteiger partial charge in [0.2, 0.25) is 10.0 Å². The minimum atomic E-state index is -3.27. The van der Waals surface area contributed by atoms with Gasteiger partial charge in [0.15, 0.2) is 0 Å². The largest absolute Gasteiger partial charge is 0.383 e. The molecule has 0 saturated carbocycles. The van der Waals surface area contributed by atoms with E-state index in [2.05, 4.69) is 20.7 Å². The molecule has 0 heterocycles. The van der Waals surface area contributed by atoms with E-state index in [1.165, 1.54) is 0 Å². The van der Waals surface area contributed by atoms with Crippen molar-refractivity contribution in [3.8, 4) is 0 Å². The van der Waals surface area contributed by atoms with E-state index in [1.54, 1.807) is 7.11 Å². The van der Waals surface area contributed by atoms with Gasteiger partial charge in [0.05, 0.1) is 18.4 Å². The van der Waals surface area contributed by atoms with E-state index in [-0.39, 0.29) is 11.8 Å². The maximum atomic E-state index is 11.9. The summed E-state index contributed by atoms with van der Waals surface area (Å²) in [6.45, 7) is 0.357. The fourth-order valence-corrected chi connectivity index (χ4v) is 3.37. The number of ether oxygens (including phenoxy) is 1. The summed E-state index contributed by atoms with van der Waals surface area (Å²) in [7, 11) is -1.72. The van der Waals surface area contributed by atoms with Crippen molar-refractivity contribution in [2.45, 2.75) is 12.5 Å². The van der Waals surface area contributed by atoms with Gasteiger partial charge in [-0.05, 0) is 12.0 Å². The quantitative estimate of drug-likeness (QED) is 0.733. The predicted molar refractivity (Wildman–Crippen MR) is 76.5 cm³/mol. The minimum Gasteiger partial charge on any atom is -0.383 e. The Morgan fingerprint density at radius 2 is 2.00 bits per heavy atom. The molecule has 102 valence electrons. The van der Waals surface area contributed by atoms with Crippen LogP contribution in [-0.2, 0) is 21.2 Å². The highest BCUT2D eigenvalue weighted by Crippen LogP contribution is 2.03. The Morgan fingerprint density at radius 1 is 1.33 bits per heavy atom. The van der Waals surface area contributed by atoms with Gasteiger partial charge in [-0.1, -0.05) is 46.3 Å². The van der Waals surface area contributed by atoms with Crippen LogP contribution >= 0.6 is 15.9 Å². The number of hydrogen-bond acceptors (Lipinski definition) is 3. The maximum Gasteiger partial charge on any atom is 0.212 e. The lowest BCUT2D eigenvalue weighted by atomic mass is 10.2. The van der Waals surface area contributed by atoms with Crippen LogP contribution in [0.25, 0.3) is 0 Å². The molecule has 6 heteroatoms. The van der Waals surface area contributed by atoms with Gasteiger partial charge in [0.25, 0.3) is 0 Å². The molecular weight excluding hydrogens is 318 g/mol. The summed E-state index contributed by atoms with van der Waals surface area (Å²) in [6, 6.07) is 9.34. The van der Waals surface area contributed by atoms with Crippen molar-refractivity contribution in [1.82, 2.24) is 4.72 Å². The van der Waals surface area contributed by atoms with E-state index in [9.17, 15) is 8.42 Å². The Labute approximate surface area is 117 Å². The van der Waals surface area contributed by atoms with Crippen LogP contribution in [-0.4, -0.2) is 39.3 Å². The standard InChI is InChI=1S/C12H18BrNO3S/c1-17-10-12(9-13)14-18(15,16)8-7-11-5-3-2-4-6-11/h2-6,12,14H,7-10H2,1H3. The van der Waals surface area contributed by atoms with Gasteiger partial charge in [0, 0.05) is 12.4 Å². The number of rotatable bonds is 8. The molecule has 0 amide bonds. The summed E-state index contributed by atoms with van der Waals surface area (Å²) in [4.78, 5) is 0. The summed E-state index contributed by atoms with van der Waals surface area (Å²) < 4.78 is 31.3. The first-order valence-electron chi connectivity index (χ1n) is 5.66. The first-order valence-corrected chi connectivity index (χ1v) is 8.43. The first kappa shape index (κ1) is 15.6. The Bertz CT molecular complexity index is 436. The smallest absolute Gasteiger partial charge is 0.212 e. The van der Waals surface area contributed by atoms with E-state index < -0.39 is 10.0 Å². The second-order valence-electron chi connectivity index (χ2n) is 3.98. The zero-order valence-corrected chi connectivity index (χ0v) is 12.7. The van der Waals surface area contributed by atoms with Gasteiger partial charge < -0.3 is 4.74 Å². The maximum absolute atomic E-state index is 11.9. The highest BCUT2D eigenvalue weighted by Gasteiger charge is 2.16. The van der Waals surface area contributed by atoms with Gasteiger partial charge in [-0.2, -0.15) is 0 Å². The third-order valence-corrected chi connectivity index (χ3v) is 4.62. The highest BCUT2D eigenvalue weighted by atomic mass is 79.9. The fourth-order valence-electron chi connectivity index (χ4n) is 1.52. The molecule has 0 spiro atoms. The van der Waals surface area contributed by atoms with E-state index in [0.717, 1.165) is 5.56 Å². The van der Waals surface area contributed by atoms with Crippen molar-refractivity contribution in [3.05, 3.63) is 35.9 Å². The third kappa shape index (κ3) is 5.95. The van der Waals surface area contributed by atoms with E-state index in [1.807, 2.05) is 30.3 Å². The van der Waals surface area contributed by atoms with Crippen LogP contribution < -0.4 is 4.72 Å².